The Balaban J connectivity index is 1.90. The van der Waals surface area contributed by atoms with Gasteiger partial charge in [0.2, 0.25) is 5.91 Å². The minimum Gasteiger partial charge on any atom is -0.340 e. The summed E-state index contributed by atoms with van der Waals surface area (Å²) in [5.74, 6) is 0.408. The van der Waals surface area contributed by atoms with Gasteiger partial charge in [0.15, 0.2) is 0 Å². The molecule has 1 aliphatic rings. The van der Waals surface area contributed by atoms with Crippen LogP contribution in [0.5, 0.6) is 0 Å². The van der Waals surface area contributed by atoms with Crippen LogP contribution in [0, 0.1) is 12.8 Å². The average Bonchev–Trinajstić information content (AvgIpc) is 2.75. The predicted molar refractivity (Wildman–Crippen MR) is 68.9 cm³/mol. The lowest BCUT2D eigenvalue weighted by atomic mass is 9.98. The van der Waals surface area contributed by atoms with Crippen molar-refractivity contribution in [1.29, 1.82) is 0 Å². The van der Waals surface area contributed by atoms with E-state index in [9.17, 15) is 4.79 Å². The van der Waals surface area contributed by atoms with Crippen LogP contribution in [-0.4, -0.2) is 35.9 Å². The lowest BCUT2D eigenvalue weighted by molar-refractivity contribution is -0.135. The van der Waals surface area contributed by atoms with Crippen LogP contribution in [0.25, 0.3) is 0 Å². The van der Waals surface area contributed by atoms with E-state index in [1.54, 1.807) is 11.3 Å². The van der Waals surface area contributed by atoms with E-state index in [0.717, 1.165) is 35.8 Å². The molecule has 1 saturated heterocycles. The number of thiazole rings is 1. The molecule has 0 radical (unpaired) electrons. The molecule has 1 aliphatic heterocycles. The predicted octanol–water partition coefficient (Wildman–Crippen LogP) is 1.41. The van der Waals surface area contributed by atoms with Crippen LogP contribution in [0.15, 0.2) is 6.20 Å². The molecule has 1 atom stereocenters. The first-order valence-corrected chi connectivity index (χ1v) is 6.85. The average molecular weight is 253 g/mol. The fourth-order valence-electron chi connectivity index (χ4n) is 2.16. The lowest BCUT2D eigenvalue weighted by Gasteiger charge is -2.26. The molecule has 5 heteroatoms. The Kier molecular flexibility index (Phi) is 4.12. The molecule has 0 aliphatic carbocycles. The van der Waals surface area contributed by atoms with Crippen LogP contribution in [0.4, 0.5) is 0 Å². The van der Waals surface area contributed by atoms with Gasteiger partial charge >= 0.3 is 0 Å². The third kappa shape index (κ3) is 3.26. The molecule has 1 N–H and O–H groups in total. The van der Waals surface area contributed by atoms with E-state index in [-0.39, 0.29) is 11.8 Å². The number of carbonyl (C=O) groups excluding carboxylic acids is 1. The molecule has 0 saturated carbocycles. The highest BCUT2D eigenvalue weighted by Gasteiger charge is 2.24. The molecule has 94 valence electrons. The van der Waals surface area contributed by atoms with Gasteiger partial charge in [0, 0.05) is 24.7 Å². The molecule has 0 aromatic carbocycles. The molecular formula is C12H19N3OS. The van der Waals surface area contributed by atoms with Crippen molar-refractivity contribution in [3.05, 3.63) is 16.1 Å². The standard InChI is InChI=1S/C12H19N3OS/c1-9-14-7-11(17-9)8-15(2)12(16)10-4-3-5-13-6-10/h7,10,13H,3-6,8H2,1-2H3/t10-/m1/s1. The van der Waals surface area contributed by atoms with E-state index in [1.807, 2.05) is 25.1 Å². The van der Waals surface area contributed by atoms with Gasteiger partial charge in [0.25, 0.3) is 0 Å². The summed E-state index contributed by atoms with van der Waals surface area (Å²) in [7, 11) is 1.88. The second-order valence-corrected chi connectivity index (χ2v) is 5.90. The first-order chi connectivity index (χ1) is 8.16. The van der Waals surface area contributed by atoms with Crippen LogP contribution in [0.1, 0.15) is 22.7 Å². The summed E-state index contributed by atoms with van der Waals surface area (Å²) in [5.41, 5.74) is 0. The van der Waals surface area contributed by atoms with E-state index < -0.39 is 0 Å². The quantitative estimate of drug-likeness (QED) is 0.886. The van der Waals surface area contributed by atoms with Gasteiger partial charge in [-0.15, -0.1) is 11.3 Å². The second kappa shape index (κ2) is 5.60. The Morgan fingerprint density at radius 1 is 1.71 bits per heavy atom. The summed E-state index contributed by atoms with van der Waals surface area (Å²) in [5, 5.41) is 4.34. The van der Waals surface area contributed by atoms with Crippen molar-refractivity contribution in [2.24, 2.45) is 5.92 Å². The third-order valence-corrected chi connectivity index (χ3v) is 3.98. The Morgan fingerprint density at radius 2 is 2.53 bits per heavy atom. The number of amides is 1. The third-order valence-electron chi connectivity index (χ3n) is 3.08. The van der Waals surface area contributed by atoms with E-state index >= 15 is 0 Å². The molecule has 0 bridgehead atoms. The number of piperidine rings is 1. The van der Waals surface area contributed by atoms with E-state index in [2.05, 4.69) is 10.3 Å². The van der Waals surface area contributed by atoms with Gasteiger partial charge in [0.1, 0.15) is 0 Å². The zero-order chi connectivity index (χ0) is 12.3. The zero-order valence-electron chi connectivity index (χ0n) is 10.4. The first kappa shape index (κ1) is 12.5. The van der Waals surface area contributed by atoms with Gasteiger partial charge in [0.05, 0.1) is 17.5 Å². The second-order valence-electron chi connectivity index (χ2n) is 4.58. The topological polar surface area (TPSA) is 45.2 Å². The van der Waals surface area contributed by atoms with Crippen molar-refractivity contribution < 1.29 is 4.79 Å². The van der Waals surface area contributed by atoms with Crippen LogP contribution in [0.2, 0.25) is 0 Å². The Labute approximate surface area is 106 Å². The van der Waals surface area contributed by atoms with Crippen LogP contribution in [-0.2, 0) is 11.3 Å². The number of hydrogen-bond donors (Lipinski definition) is 1. The molecule has 2 rings (SSSR count). The minimum atomic E-state index is 0.155. The monoisotopic (exact) mass is 253 g/mol. The summed E-state index contributed by atoms with van der Waals surface area (Å²) < 4.78 is 0. The van der Waals surface area contributed by atoms with Gasteiger partial charge in [-0.2, -0.15) is 0 Å². The SMILES string of the molecule is Cc1ncc(CN(C)C(=O)[C@@H]2CCCNC2)s1. The molecule has 1 aromatic heterocycles. The van der Waals surface area contributed by atoms with E-state index in [0.29, 0.717) is 6.54 Å². The number of nitrogens with zero attached hydrogens (tertiary/aromatic N) is 2. The molecule has 0 spiro atoms. The maximum Gasteiger partial charge on any atom is 0.227 e. The summed E-state index contributed by atoms with van der Waals surface area (Å²) in [6, 6.07) is 0. The summed E-state index contributed by atoms with van der Waals surface area (Å²) in [6.07, 6.45) is 3.98. The highest BCUT2D eigenvalue weighted by Crippen LogP contribution is 2.17. The van der Waals surface area contributed by atoms with Gasteiger partial charge in [-0.05, 0) is 26.3 Å². The molecular weight excluding hydrogens is 234 g/mol. The van der Waals surface area contributed by atoms with Gasteiger partial charge in [-0.3, -0.25) is 4.79 Å². The zero-order valence-corrected chi connectivity index (χ0v) is 11.2. The van der Waals surface area contributed by atoms with Crippen molar-refractivity contribution in [3.8, 4) is 0 Å². The Hall–Kier alpha value is -0.940. The van der Waals surface area contributed by atoms with Crippen molar-refractivity contribution >= 4 is 17.2 Å². The fourth-order valence-corrected chi connectivity index (χ4v) is 3.01. The Bertz CT molecular complexity index is 385. The minimum absolute atomic E-state index is 0.155. The van der Waals surface area contributed by atoms with Crippen LogP contribution in [0.3, 0.4) is 0 Å². The fraction of sp³-hybridized carbons (Fsp3) is 0.667. The molecule has 1 fully saturated rings. The summed E-state index contributed by atoms with van der Waals surface area (Å²) in [6.45, 7) is 4.54. The smallest absolute Gasteiger partial charge is 0.227 e. The normalized spacial score (nSPS) is 20.2. The number of nitrogens with one attached hydrogen (secondary N) is 1. The van der Waals surface area contributed by atoms with E-state index in [1.165, 1.54) is 0 Å². The van der Waals surface area contributed by atoms with Gasteiger partial charge in [-0.1, -0.05) is 0 Å². The van der Waals surface area contributed by atoms with Crippen LogP contribution >= 0.6 is 11.3 Å². The molecule has 1 amide bonds. The number of aromatic nitrogens is 1. The van der Waals surface area contributed by atoms with Gasteiger partial charge < -0.3 is 10.2 Å². The van der Waals surface area contributed by atoms with E-state index in [4.69, 9.17) is 0 Å². The number of aryl methyl sites for hydroxylation is 1. The highest BCUT2D eigenvalue weighted by molar-refractivity contribution is 7.11. The Morgan fingerprint density at radius 3 is 3.12 bits per heavy atom. The molecule has 0 unspecified atom stereocenters. The largest absolute Gasteiger partial charge is 0.340 e. The molecule has 4 nitrogen and oxygen atoms in total. The summed E-state index contributed by atoms with van der Waals surface area (Å²) in [4.78, 5) is 19.4. The molecule has 2 heterocycles. The number of rotatable bonds is 3. The first-order valence-electron chi connectivity index (χ1n) is 6.04. The lowest BCUT2D eigenvalue weighted by Crippen LogP contribution is -2.41. The van der Waals surface area contributed by atoms with Crippen LogP contribution < -0.4 is 5.32 Å². The van der Waals surface area contributed by atoms with Crippen molar-refractivity contribution in [3.63, 3.8) is 0 Å². The number of carbonyl (C=O) groups is 1. The van der Waals surface area contributed by atoms with Gasteiger partial charge in [-0.25, -0.2) is 4.98 Å². The maximum absolute atomic E-state index is 12.2. The molecule has 1 aromatic rings. The molecule has 17 heavy (non-hydrogen) atoms. The maximum atomic E-state index is 12.2. The summed E-state index contributed by atoms with van der Waals surface area (Å²) >= 11 is 1.66. The van der Waals surface area contributed by atoms with Crippen molar-refractivity contribution in [2.45, 2.75) is 26.3 Å². The van der Waals surface area contributed by atoms with Crippen molar-refractivity contribution in [2.75, 3.05) is 20.1 Å². The number of hydrogen-bond acceptors (Lipinski definition) is 4. The highest BCUT2D eigenvalue weighted by atomic mass is 32.1. The van der Waals surface area contributed by atoms with Crippen molar-refractivity contribution in [1.82, 2.24) is 15.2 Å².